The van der Waals surface area contributed by atoms with Crippen LogP contribution in [0.15, 0.2) is 115 Å². The maximum absolute atomic E-state index is 13.4. The molecular formula is C30H22N2O3. The third-order valence-corrected chi connectivity index (χ3v) is 5.73. The second-order valence-electron chi connectivity index (χ2n) is 8.12. The number of phenols is 1. The molecule has 3 N–H and O–H groups in total. The summed E-state index contributed by atoms with van der Waals surface area (Å²) in [5.74, 6) is -0.869. The molecule has 0 atom stereocenters. The average molecular weight is 459 g/mol. The standard InChI is InChI=1S/C30H22N2O3/c33-24-14-8-13-23(18-24)31-30(35)28(32-29(34)20-9-2-1-3-10-20)19-27-25-15-6-4-11-21(25)17-22-12-5-7-16-26(22)27/h1-19,33H,(H,31,35)(H,32,34)/b28-19+. The van der Waals surface area contributed by atoms with Crippen LogP contribution in [0.25, 0.3) is 27.6 Å². The second kappa shape index (κ2) is 9.53. The molecule has 170 valence electrons. The fraction of sp³-hybridized carbons (Fsp3) is 0. The molecule has 0 heterocycles. The minimum absolute atomic E-state index is 0.0294. The van der Waals surface area contributed by atoms with E-state index in [0.717, 1.165) is 27.1 Å². The Bertz CT molecular complexity index is 1540. The topological polar surface area (TPSA) is 78.4 Å². The monoisotopic (exact) mass is 458 g/mol. The number of fused-ring (bicyclic) bond motifs is 2. The van der Waals surface area contributed by atoms with Crippen LogP contribution in [0.4, 0.5) is 5.69 Å². The van der Waals surface area contributed by atoms with Gasteiger partial charge in [0.1, 0.15) is 11.4 Å². The first-order valence-corrected chi connectivity index (χ1v) is 11.2. The summed E-state index contributed by atoms with van der Waals surface area (Å²) in [7, 11) is 0. The lowest BCUT2D eigenvalue weighted by Crippen LogP contribution is -2.30. The van der Waals surface area contributed by atoms with Gasteiger partial charge in [-0.05, 0) is 63.5 Å². The van der Waals surface area contributed by atoms with Crippen molar-refractivity contribution >= 4 is 45.1 Å². The van der Waals surface area contributed by atoms with Gasteiger partial charge in [-0.15, -0.1) is 0 Å². The molecule has 0 fully saturated rings. The highest BCUT2D eigenvalue weighted by molar-refractivity contribution is 6.14. The number of amides is 2. The molecule has 5 heteroatoms. The molecule has 5 rings (SSSR count). The SMILES string of the molecule is O=C(Nc1cccc(O)c1)/C(=C\c1c2ccccc2cc2ccccc12)NC(=O)c1ccccc1. The molecular weight excluding hydrogens is 436 g/mol. The van der Waals surface area contributed by atoms with E-state index in [4.69, 9.17) is 0 Å². The lowest BCUT2D eigenvalue weighted by Gasteiger charge is -2.14. The van der Waals surface area contributed by atoms with Crippen LogP contribution in [0.5, 0.6) is 5.75 Å². The summed E-state index contributed by atoms with van der Waals surface area (Å²) < 4.78 is 0. The highest BCUT2D eigenvalue weighted by atomic mass is 16.3. The first-order chi connectivity index (χ1) is 17.1. The van der Waals surface area contributed by atoms with E-state index in [2.05, 4.69) is 16.7 Å². The summed E-state index contributed by atoms with van der Waals surface area (Å²) >= 11 is 0. The number of aromatic hydroxyl groups is 1. The molecule has 0 aliphatic carbocycles. The minimum atomic E-state index is -0.503. The number of hydrogen-bond acceptors (Lipinski definition) is 3. The van der Waals surface area contributed by atoms with Crippen LogP contribution < -0.4 is 10.6 Å². The van der Waals surface area contributed by atoms with Crippen LogP contribution in [-0.4, -0.2) is 16.9 Å². The van der Waals surface area contributed by atoms with E-state index in [9.17, 15) is 14.7 Å². The number of phenolic OH excluding ortho intramolecular Hbond substituents is 1. The van der Waals surface area contributed by atoms with Gasteiger partial charge >= 0.3 is 0 Å². The number of carbonyl (C=O) groups excluding carboxylic acids is 2. The molecule has 2 amide bonds. The highest BCUT2D eigenvalue weighted by Gasteiger charge is 2.17. The Morgan fingerprint density at radius 3 is 1.97 bits per heavy atom. The van der Waals surface area contributed by atoms with Gasteiger partial charge in [0.25, 0.3) is 11.8 Å². The maximum Gasteiger partial charge on any atom is 0.272 e. The highest BCUT2D eigenvalue weighted by Crippen LogP contribution is 2.30. The van der Waals surface area contributed by atoms with Crippen LogP contribution in [0.1, 0.15) is 15.9 Å². The molecule has 0 aliphatic rings. The van der Waals surface area contributed by atoms with Gasteiger partial charge in [-0.3, -0.25) is 9.59 Å². The zero-order chi connectivity index (χ0) is 24.2. The van der Waals surface area contributed by atoms with Crippen molar-refractivity contribution in [3.05, 3.63) is 126 Å². The van der Waals surface area contributed by atoms with Crippen molar-refractivity contribution in [2.75, 3.05) is 5.32 Å². The normalized spacial score (nSPS) is 11.4. The largest absolute Gasteiger partial charge is 0.508 e. The molecule has 0 aromatic heterocycles. The number of rotatable bonds is 5. The van der Waals surface area contributed by atoms with Crippen LogP contribution in [0.3, 0.4) is 0 Å². The van der Waals surface area contributed by atoms with Gasteiger partial charge in [0.15, 0.2) is 0 Å². The maximum atomic E-state index is 13.4. The average Bonchev–Trinajstić information content (AvgIpc) is 2.88. The number of nitrogens with one attached hydrogen (secondary N) is 2. The fourth-order valence-electron chi connectivity index (χ4n) is 4.07. The number of anilines is 1. The van der Waals surface area contributed by atoms with Crippen molar-refractivity contribution in [2.24, 2.45) is 0 Å². The van der Waals surface area contributed by atoms with E-state index in [-0.39, 0.29) is 11.4 Å². The van der Waals surface area contributed by atoms with Gasteiger partial charge in [-0.25, -0.2) is 0 Å². The summed E-state index contributed by atoms with van der Waals surface area (Å²) in [6.45, 7) is 0. The molecule has 5 aromatic rings. The van der Waals surface area contributed by atoms with Crippen molar-refractivity contribution < 1.29 is 14.7 Å². The second-order valence-corrected chi connectivity index (χ2v) is 8.12. The van der Waals surface area contributed by atoms with Crippen LogP contribution in [0, 0.1) is 0 Å². The zero-order valence-corrected chi connectivity index (χ0v) is 18.7. The van der Waals surface area contributed by atoms with E-state index >= 15 is 0 Å². The molecule has 35 heavy (non-hydrogen) atoms. The van der Waals surface area contributed by atoms with Crippen molar-refractivity contribution in [1.29, 1.82) is 0 Å². The molecule has 5 nitrogen and oxygen atoms in total. The smallest absolute Gasteiger partial charge is 0.272 e. The van der Waals surface area contributed by atoms with E-state index in [1.54, 1.807) is 42.5 Å². The summed E-state index contributed by atoms with van der Waals surface area (Å²) in [4.78, 5) is 26.4. The minimum Gasteiger partial charge on any atom is -0.508 e. The van der Waals surface area contributed by atoms with Gasteiger partial charge in [0, 0.05) is 17.3 Å². The Balaban J connectivity index is 1.64. The molecule has 0 saturated heterocycles. The fourth-order valence-corrected chi connectivity index (χ4v) is 4.07. The molecule has 0 unspecified atom stereocenters. The first kappa shape index (κ1) is 21.9. The summed E-state index contributed by atoms with van der Waals surface area (Å²) in [6, 6.07) is 33.0. The first-order valence-electron chi connectivity index (χ1n) is 11.2. The molecule has 0 aliphatic heterocycles. The summed E-state index contributed by atoms with van der Waals surface area (Å²) in [5.41, 5.74) is 1.76. The van der Waals surface area contributed by atoms with Gasteiger partial charge in [0.2, 0.25) is 0 Å². The van der Waals surface area contributed by atoms with Crippen molar-refractivity contribution in [2.45, 2.75) is 0 Å². The van der Waals surface area contributed by atoms with Gasteiger partial charge < -0.3 is 15.7 Å². The molecule has 0 spiro atoms. The molecule has 0 radical (unpaired) electrons. The zero-order valence-electron chi connectivity index (χ0n) is 18.7. The third kappa shape index (κ3) is 4.75. The predicted octanol–water partition coefficient (Wildman–Crippen LogP) is 6.11. The summed E-state index contributed by atoms with van der Waals surface area (Å²) in [5, 5.41) is 19.3. The lowest BCUT2D eigenvalue weighted by molar-refractivity contribution is -0.113. The predicted molar refractivity (Wildman–Crippen MR) is 140 cm³/mol. The van der Waals surface area contributed by atoms with E-state index in [0.29, 0.717) is 11.3 Å². The van der Waals surface area contributed by atoms with E-state index in [1.807, 2.05) is 54.6 Å². The lowest BCUT2D eigenvalue weighted by atomic mass is 9.96. The Labute approximate surface area is 202 Å². The van der Waals surface area contributed by atoms with Crippen LogP contribution in [-0.2, 0) is 4.79 Å². The van der Waals surface area contributed by atoms with E-state index < -0.39 is 11.8 Å². The number of benzene rings is 5. The Kier molecular flexibility index (Phi) is 5.97. The van der Waals surface area contributed by atoms with E-state index in [1.165, 1.54) is 12.1 Å². The molecule has 0 bridgehead atoms. The van der Waals surface area contributed by atoms with Crippen molar-refractivity contribution in [1.82, 2.24) is 5.32 Å². The van der Waals surface area contributed by atoms with Gasteiger partial charge in [-0.2, -0.15) is 0 Å². The van der Waals surface area contributed by atoms with Gasteiger partial charge in [0.05, 0.1) is 0 Å². The van der Waals surface area contributed by atoms with Crippen molar-refractivity contribution in [3.8, 4) is 5.75 Å². The number of hydrogen-bond donors (Lipinski definition) is 3. The van der Waals surface area contributed by atoms with Crippen molar-refractivity contribution in [3.63, 3.8) is 0 Å². The van der Waals surface area contributed by atoms with Crippen LogP contribution >= 0.6 is 0 Å². The van der Waals surface area contributed by atoms with Crippen LogP contribution in [0.2, 0.25) is 0 Å². The number of carbonyl (C=O) groups is 2. The Morgan fingerprint density at radius 1 is 0.686 bits per heavy atom. The molecule has 5 aromatic carbocycles. The Morgan fingerprint density at radius 2 is 1.31 bits per heavy atom. The summed E-state index contributed by atoms with van der Waals surface area (Å²) in [6.07, 6.45) is 1.71. The quantitative estimate of drug-likeness (QED) is 0.220. The third-order valence-electron chi connectivity index (χ3n) is 5.73. The van der Waals surface area contributed by atoms with Gasteiger partial charge in [-0.1, -0.05) is 72.8 Å². The molecule has 0 saturated carbocycles. The Hall–Kier alpha value is -4.90.